The van der Waals surface area contributed by atoms with Crippen LogP contribution < -0.4 is 5.73 Å². The van der Waals surface area contributed by atoms with Gasteiger partial charge in [0.25, 0.3) is 0 Å². The maximum Gasteiger partial charge on any atom is 0.176 e. The summed E-state index contributed by atoms with van der Waals surface area (Å²) >= 11 is 0. The minimum atomic E-state index is -0.403. The number of carbonyl (C=O) groups excluding carboxylic acids is 1. The molecule has 1 unspecified atom stereocenters. The SMILES string of the molecule is CCC1=CC(N)C(=O)C=C1. The Morgan fingerprint density at radius 3 is 2.80 bits per heavy atom. The number of nitrogens with two attached hydrogens (primary N) is 1. The first kappa shape index (κ1) is 7.22. The van der Waals surface area contributed by atoms with Crippen molar-refractivity contribution in [1.82, 2.24) is 0 Å². The Bertz CT molecular complexity index is 203. The molecule has 0 saturated carbocycles. The number of rotatable bonds is 1. The van der Waals surface area contributed by atoms with Gasteiger partial charge in [0.15, 0.2) is 5.78 Å². The maximum absolute atomic E-state index is 10.8. The van der Waals surface area contributed by atoms with Crippen molar-refractivity contribution in [3.63, 3.8) is 0 Å². The van der Waals surface area contributed by atoms with Crippen LogP contribution in [0.5, 0.6) is 0 Å². The van der Waals surface area contributed by atoms with Crippen LogP contribution in [0.15, 0.2) is 23.8 Å². The van der Waals surface area contributed by atoms with Crippen LogP contribution in [0.4, 0.5) is 0 Å². The highest BCUT2D eigenvalue weighted by Gasteiger charge is 2.11. The first-order valence-corrected chi connectivity index (χ1v) is 3.42. The summed E-state index contributed by atoms with van der Waals surface area (Å²) in [5.41, 5.74) is 6.61. The quantitative estimate of drug-likeness (QED) is 0.580. The second kappa shape index (κ2) is 2.80. The molecule has 0 fully saturated rings. The molecule has 2 nitrogen and oxygen atoms in total. The van der Waals surface area contributed by atoms with Crippen molar-refractivity contribution in [3.8, 4) is 0 Å². The molecule has 0 aromatic carbocycles. The molecule has 0 spiro atoms. The van der Waals surface area contributed by atoms with Crippen molar-refractivity contribution >= 4 is 5.78 Å². The van der Waals surface area contributed by atoms with Gasteiger partial charge in [0.2, 0.25) is 0 Å². The van der Waals surface area contributed by atoms with E-state index in [0.717, 1.165) is 12.0 Å². The van der Waals surface area contributed by atoms with Gasteiger partial charge in [-0.1, -0.05) is 24.6 Å². The van der Waals surface area contributed by atoms with Crippen LogP contribution in [-0.2, 0) is 4.79 Å². The molecule has 1 aliphatic carbocycles. The normalized spacial score (nSPS) is 24.8. The summed E-state index contributed by atoms with van der Waals surface area (Å²) in [6.45, 7) is 2.04. The summed E-state index contributed by atoms with van der Waals surface area (Å²) in [5.74, 6) is -0.00259. The van der Waals surface area contributed by atoms with Crippen molar-refractivity contribution in [2.75, 3.05) is 0 Å². The van der Waals surface area contributed by atoms with E-state index in [1.54, 1.807) is 6.08 Å². The molecular weight excluding hydrogens is 126 g/mol. The molecule has 2 heteroatoms. The third-order valence-corrected chi connectivity index (χ3v) is 1.59. The molecule has 0 aromatic heterocycles. The fourth-order valence-electron chi connectivity index (χ4n) is 0.904. The van der Waals surface area contributed by atoms with E-state index < -0.39 is 6.04 Å². The highest BCUT2D eigenvalue weighted by Crippen LogP contribution is 2.09. The van der Waals surface area contributed by atoms with Gasteiger partial charge in [-0.25, -0.2) is 0 Å². The second-order valence-corrected chi connectivity index (χ2v) is 2.36. The molecule has 0 bridgehead atoms. The fraction of sp³-hybridized carbons (Fsp3) is 0.375. The smallest absolute Gasteiger partial charge is 0.176 e. The largest absolute Gasteiger partial charge is 0.318 e. The van der Waals surface area contributed by atoms with Gasteiger partial charge < -0.3 is 5.73 Å². The molecule has 54 valence electrons. The number of allylic oxidation sites excluding steroid dienone is 2. The van der Waals surface area contributed by atoms with E-state index in [1.807, 2.05) is 19.1 Å². The van der Waals surface area contributed by atoms with E-state index in [9.17, 15) is 4.79 Å². The van der Waals surface area contributed by atoms with E-state index in [-0.39, 0.29) is 5.78 Å². The topological polar surface area (TPSA) is 43.1 Å². The van der Waals surface area contributed by atoms with E-state index in [2.05, 4.69) is 0 Å². The van der Waals surface area contributed by atoms with Crippen molar-refractivity contribution < 1.29 is 4.79 Å². The third-order valence-electron chi connectivity index (χ3n) is 1.59. The molecule has 0 heterocycles. The van der Waals surface area contributed by atoms with Crippen molar-refractivity contribution in [1.29, 1.82) is 0 Å². The van der Waals surface area contributed by atoms with Crippen molar-refractivity contribution in [2.45, 2.75) is 19.4 Å². The molecular formula is C8H11NO. The van der Waals surface area contributed by atoms with Crippen molar-refractivity contribution in [2.24, 2.45) is 5.73 Å². The van der Waals surface area contributed by atoms with E-state index >= 15 is 0 Å². The molecule has 0 amide bonds. The van der Waals surface area contributed by atoms with Crippen LogP contribution in [-0.4, -0.2) is 11.8 Å². The Balaban J connectivity index is 2.75. The molecule has 0 aliphatic heterocycles. The predicted molar refractivity (Wildman–Crippen MR) is 40.5 cm³/mol. The Kier molecular flexibility index (Phi) is 2.02. The highest BCUT2D eigenvalue weighted by molar-refractivity contribution is 5.97. The Morgan fingerprint density at radius 2 is 2.30 bits per heavy atom. The summed E-state index contributed by atoms with van der Waals surface area (Å²) in [6.07, 6.45) is 6.12. The lowest BCUT2D eigenvalue weighted by Crippen LogP contribution is -2.28. The molecule has 1 aliphatic rings. The monoisotopic (exact) mass is 137 g/mol. The lowest BCUT2D eigenvalue weighted by molar-refractivity contribution is -0.114. The first-order chi connectivity index (χ1) is 4.74. The zero-order valence-electron chi connectivity index (χ0n) is 6.00. The molecule has 0 saturated heterocycles. The summed E-state index contributed by atoms with van der Waals surface area (Å²) in [6, 6.07) is -0.403. The van der Waals surface area contributed by atoms with Gasteiger partial charge in [-0.15, -0.1) is 0 Å². The zero-order chi connectivity index (χ0) is 7.56. The van der Waals surface area contributed by atoms with Crippen LogP contribution in [0.2, 0.25) is 0 Å². The molecule has 10 heavy (non-hydrogen) atoms. The lowest BCUT2D eigenvalue weighted by Gasteiger charge is -2.08. The number of hydrogen-bond acceptors (Lipinski definition) is 2. The van der Waals surface area contributed by atoms with Gasteiger partial charge >= 0.3 is 0 Å². The summed E-state index contributed by atoms with van der Waals surface area (Å²) in [4.78, 5) is 10.8. The highest BCUT2D eigenvalue weighted by atomic mass is 16.1. The zero-order valence-corrected chi connectivity index (χ0v) is 6.00. The lowest BCUT2D eigenvalue weighted by atomic mass is 10.0. The number of ketones is 1. The van der Waals surface area contributed by atoms with Gasteiger partial charge in [-0.3, -0.25) is 4.79 Å². The molecule has 1 rings (SSSR count). The summed E-state index contributed by atoms with van der Waals surface area (Å²) in [5, 5.41) is 0. The third kappa shape index (κ3) is 1.33. The van der Waals surface area contributed by atoms with Crippen LogP contribution in [0, 0.1) is 0 Å². The molecule has 0 aromatic rings. The van der Waals surface area contributed by atoms with Crippen LogP contribution >= 0.6 is 0 Å². The Labute approximate surface area is 60.4 Å². The van der Waals surface area contributed by atoms with Gasteiger partial charge in [-0.05, 0) is 12.5 Å². The number of carbonyl (C=O) groups is 1. The average molecular weight is 137 g/mol. The van der Waals surface area contributed by atoms with E-state index in [4.69, 9.17) is 5.73 Å². The minimum absolute atomic E-state index is 0.00259. The van der Waals surface area contributed by atoms with Crippen molar-refractivity contribution in [3.05, 3.63) is 23.8 Å². The minimum Gasteiger partial charge on any atom is -0.318 e. The fourth-order valence-corrected chi connectivity index (χ4v) is 0.904. The van der Waals surface area contributed by atoms with Gasteiger partial charge in [0, 0.05) is 0 Å². The molecule has 1 atom stereocenters. The van der Waals surface area contributed by atoms with Crippen LogP contribution in [0.3, 0.4) is 0 Å². The molecule has 2 N–H and O–H groups in total. The Hall–Kier alpha value is -0.890. The van der Waals surface area contributed by atoms with Crippen LogP contribution in [0.1, 0.15) is 13.3 Å². The number of hydrogen-bond donors (Lipinski definition) is 1. The standard InChI is InChI=1S/C8H11NO/c1-2-6-3-4-8(10)7(9)5-6/h3-5,7H,2,9H2,1H3. The molecule has 0 radical (unpaired) electrons. The summed E-state index contributed by atoms with van der Waals surface area (Å²) in [7, 11) is 0. The Morgan fingerprint density at radius 1 is 1.60 bits per heavy atom. The van der Waals surface area contributed by atoms with Gasteiger partial charge in [-0.2, -0.15) is 0 Å². The summed E-state index contributed by atoms with van der Waals surface area (Å²) < 4.78 is 0. The van der Waals surface area contributed by atoms with Gasteiger partial charge in [0.05, 0.1) is 6.04 Å². The van der Waals surface area contributed by atoms with Gasteiger partial charge in [0.1, 0.15) is 0 Å². The maximum atomic E-state index is 10.8. The van der Waals surface area contributed by atoms with E-state index in [0.29, 0.717) is 0 Å². The second-order valence-electron chi connectivity index (χ2n) is 2.36. The first-order valence-electron chi connectivity index (χ1n) is 3.42. The van der Waals surface area contributed by atoms with E-state index in [1.165, 1.54) is 0 Å². The van der Waals surface area contributed by atoms with Crippen LogP contribution in [0.25, 0.3) is 0 Å². The predicted octanol–water partition coefficient (Wildman–Crippen LogP) is 0.789. The average Bonchev–Trinajstić information content (AvgIpc) is 1.95.